The van der Waals surface area contributed by atoms with Crippen molar-refractivity contribution in [2.24, 2.45) is 5.92 Å². The molecule has 0 unspecified atom stereocenters. The molecule has 1 heterocycles. The van der Waals surface area contributed by atoms with Crippen LogP contribution in [0.1, 0.15) is 23.7 Å². The number of hydrogen-bond acceptors (Lipinski definition) is 3. The molecule has 0 aliphatic rings. The standard InChI is InChI=1S/C16H21ClN2S/c1-11(2)10-18-9-8-15-19-16(12(3)20-15)13-4-6-14(17)7-5-13/h4-7,11,18H,8-10H2,1-3H3. The van der Waals surface area contributed by atoms with Crippen molar-refractivity contribution in [2.45, 2.75) is 27.2 Å². The molecule has 1 N–H and O–H groups in total. The molecule has 2 aromatic rings. The van der Waals surface area contributed by atoms with Crippen LogP contribution in [0.2, 0.25) is 5.02 Å². The zero-order chi connectivity index (χ0) is 14.5. The summed E-state index contributed by atoms with van der Waals surface area (Å²) in [6, 6.07) is 7.90. The van der Waals surface area contributed by atoms with E-state index in [9.17, 15) is 0 Å². The lowest BCUT2D eigenvalue weighted by Gasteiger charge is -2.05. The van der Waals surface area contributed by atoms with Gasteiger partial charge in [-0.15, -0.1) is 11.3 Å². The van der Waals surface area contributed by atoms with Gasteiger partial charge in [0.05, 0.1) is 10.7 Å². The van der Waals surface area contributed by atoms with Crippen LogP contribution >= 0.6 is 22.9 Å². The maximum Gasteiger partial charge on any atom is 0.0948 e. The number of halogens is 1. The van der Waals surface area contributed by atoms with Gasteiger partial charge in [-0.2, -0.15) is 0 Å². The maximum atomic E-state index is 5.93. The van der Waals surface area contributed by atoms with Crippen LogP contribution in [0.15, 0.2) is 24.3 Å². The highest BCUT2D eigenvalue weighted by Crippen LogP contribution is 2.28. The number of rotatable bonds is 6. The van der Waals surface area contributed by atoms with Gasteiger partial charge in [-0.3, -0.25) is 0 Å². The number of thiazole rings is 1. The van der Waals surface area contributed by atoms with Gasteiger partial charge in [0.25, 0.3) is 0 Å². The number of aryl methyl sites for hydroxylation is 1. The minimum Gasteiger partial charge on any atom is -0.316 e. The molecule has 0 fully saturated rings. The van der Waals surface area contributed by atoms with Crippen LogP contribution in [-0.2, 0) is 6.42 Å². The number of nitrogens with zero attached hydrogens (tertiary/aromatic N) is 1. The Hall–Kier alpha value is -0.900. The van der Waals surface area contributed by atoms with E-state index >= 15 is 0 Å². The third-order valence-corrected chi connectivity index (χ3v) is 4.31. The van der Waals surface area contributed by atoms with Crippen molar-refractivity contribution in [3.63, 3.8) is 0 Å². The molecular formula is C16H21ClN2S. The van der Waals surface area contributed by atoms with E-state index in [2.05, 4.69) is 26.1 Å². The molecule has 0 saturated carbocycles. The first kappa shape index (κ1) is 15.5. The number of benzene rings is 1. The van der Waals surface area contributed by atoms with Crippen molar-refractivity contribution in [1.29, 1.82) is 0 Å². The van der Waals surface area contributed by atoms with Crippen molar-refractivity contribution in [1.82, 2.24) is 10.3 Å². The predicted molar refractivity (Wildman–Crippen MR) is 88.7 cm³/mol. The van der Waals surface area contributed by atoms with Gasteiger partial charge in [0.2, 0.25) is 0 Å². The molecule has 0 bridgehead atoms. The second-order valence-electron chi connectivity index (χ2n) is 5.37. The highest BCUT2D eigenvalue weighted by Gasteiger charge is 2.09. The van der Waals surface area contributed by atoms with Crippen molar-refractivity contribution in [2.75, 3.05) is 13.1 Å². The normalized spacial score (nSPS) is 11.2. The van der Waals surface area contributed by atoms with Gasteiger partial charge in [0.15, 0.2) is 0 Å². The Morgan fingerprint density at radius 2 is 1.95 bits per heavy atom. The smallest absolute Gasteiger partial charge is 0.0948 e. The Morgan fingerprint density at radius 3 is 2.60 bits per heavy atom. The molecule has 0 amide bonds. The third-order valence-electron chi connectivity index (χ3n) is 3.03. The zero-order valence-corrected chi connectivity index (χ0v) is 13.8. The van der Waals surface area contributed by atoms with Gasteiger partial charge in [0.1, 0.15) is 0 Å². The molecule has 0 aliphatic carbocycles. The third kappa shape index (κ3) is 4.30. The predicted octanol–water partition coefficient (Wildman–Crippen LogP) is 4.56. The van der Waals surface area contributed by atoms with Gasteiger partial charge in [-0.1, -0.05) is 37.6 Å². The number of aromatic nitrogens is 1. The van der Waals surface area contributed by atoms with Gasteiger partial charge < -0.3 is 5.32 Å². The molecule has 2 nitrogen and oxygen atoms in total. The second kappa shape index (κ2) is 7.21. The summed E-state index contributed by atoms with van der Waals surface area (Å²) in [5.74, 6) is 0.692. The fourth-order valence-corrected chi connectivity index (χ4v) is 3.10. The van der Waals surface area contributed by atoms with E-state index in [4.69, 9.17) is 16.6 Å². The summed E-state index contributed by atoms with van der Waals surface area (Å²) in [6.45, 7) is 8.63. The highest BCUT2D eigenvalue weighted by molar-refractivity contribution is 7.12. The Bertz CT molecular complexity index is 546. The topological polar surface area (TPSA) is 24.9 Å². The summed E-state index contributed by atoms with van der Waals surface area (Å²) >= 11 is 7.72. The van der Waals surface area contributed by atoms with E-state index in [0.717, 1.165) is 35.8 Å². The van der Waals surface area contributed by atoms with Crippen molar-refractivity contribution >= 4 is 22.9 Å². The number of hydrogen-bond donors (Lipinski definition) is 1. The van der Waals surface area contributed by atoms with E-state index in [0.29, 0.717) is 5.92 Å². The second-order valence-corrected chi connectivity index (χ2v) is 7.09. The monoisotopic (exact) mass is 308 g/mol. The van der Waals surface area contributed by atoms with Gasteiger partial charge in [-0.25, -0.2) is 4.98 Å². The Kier molecular flexibility index (Phi) is 5.58. The summed E-state index contributed by atoms with van der Waals surface area (Å²) in [7, 11) is 0. The van der Waals surface area contributed by atoms with Crippen LogP contribution in [0.5, 0.6) is 0 Å². The lowest BCUT2D eigenvalue weighted by molar-refractivity contribution is 0.554. The minimum atomic E-state index is 0.692. The largest absolute Gasteiger partial charge is 0.316 e. The first-order valence-electron chi connectivity index (χ1n) is 6.99. The highest BCUT2D eigenvalue weighted by atomic mass is 35.5. The SMILES string of the molecule is Cc1sc(CCNCC(C)C)nc1-c1ccc(Cl)cc1. The van der Waals surface area contributed by atoms with E-state index in [1.54, 1.807) is 11.3 Å². The van der Waals surface area contributed by atoms with Crippen LogP contribution in [0.4, 0.5) is 0 Å². The van der Waals surface area contributed by atoms with Gasteiger partial charge in [0, 0.05) is 28.4 Å². The molecule has 20 heavy (non-hydrogen) atoms. The van der Waals surface area contributed by atoms with Crippen molar-refractivity contribution in [3.8, 4) is 11.3 Å². The fraction of sp³-hybridized carbons (Fsp3) is 0.438. The van der Waals surface area contributed by atoms with E-state index in [-0.39, 0.29) is 0 Å². The number of nitrogens with one attached hydrogen (secondary N) is 1. The molecule has 1 aromatic carbocycles. The van der Waals surface area contributed by atoms with Gasteiger partial charge >= 0.3 is 0 Å². The lowest BCUT2D eigenvalue weighted by Crippen LogP contribution is -2.22. The maximum absolute atomic E-state index is 5.93. The molecule has 0 aliphatic heterocycles. The van der Waals surface area contributed by atoms with Crippen molar-refractivity contribution < 1.29 is 0 Å². The molecule has 0 spiro atoms. The summed E-state index contributed by atoms with van der Waals surface area (Å²) in [5.41, 5.74) is 2.23. The average Bonchev–Trinajstić information content (AvgIpc) is 2.77. The average molecular weight is 309 g/mol. The van der Waals surface area contributed by atoms with E-state index in [1.165, 1.54) is 9.88 Å². The van der Waals surface area contributed by atoms with Crippen LogP contribution < -0.4 is 5.32 Å². The van der Waals surface area contributed by atoms with Crippen LogP contribution in [0, 0.1) is 12.8 Å². The van der Waals surface area contributed by atoms with Crippen LogP contribution in [-0.4, -0.2) is 18.1 Å². The van der Waals surface area contributed by atoms with Crippen LogP contribution in [0.3, 0.4) is 0 Å². The quantitative estimate of drug-likeness (QED) is 0.791. The Labute approximate surface area is 130 Å². The summed E-state index contributed by atoms with van der Waals surface area (Å²) in [4.78, 5) is 6.03. The molecule has 108 valence electrons. The van der Waals surface area contributed by atoms with Crippen molar-refractivity contribution in [3.05, 3.63) is 39.2 Å². The van der Waals surface area contributed by atoms with Gasteiger partial charge in [-0.05, 0) is 31.5 Å². The molecule has 1 aromatic heterocycles. The fourth-order valence-electron chi connectivity index (χ4n) is 2.02. The molecule has 0 radical (unpaired) electrons. The van der Waals surface area contributed by atoms with Crippen LogP contribution in [0.25, 0.3) is 11.3 Å². The van der Waals surface area contributed by atoms with E-state index in [1.807, 2.05) is 24.3 Å². The lowest BCUT2D eigenvalue weighted by atomic mass is 10.1. The Morgan fingerprint density at radius 1 is 1.25 bits per heavy atom. The summed E-state index contributed by atoms with van der Waals surface area (Å²) in [6.07, 6.45) is 0.992. The molecule has 0 atom stereocenters. The van der Waals surface area contributed by atoms with E-state index < -0.39 is 0 Å². The first-order chi connectivity index (χ1) is 9.56. The minimum absolute atomic E-state index is 0.692. The zero-order valence-electron chi connectivity index (χ0n) is 12.2. The molecule has 0 saturated heterocycles. The molecule has 2 rings (SSSR count). The Balaban J connectivity index is 2.00. The summed E-state index contributed by atoms with van der Waals surface area (Å²) in [5, 5.41) is 5.42. The first-order valence-corrected chi connectivity index (χ1v) is 8.18. The molecule has 4 heteroatoms. The molecular weight excluding hydrogens is 288 g/mol. The summed E-state index contributed by atoms with van der Waals surface area (Å²) < 4.78 is 0.